The fraction of sp³-hybridized carbons (Fsp3) is 0.500. The molecule has 3 nitrogen and oxygen atoms in total. The molecular formula is C14H16ClNO2. The number of rotatable bonds is 1. The van der Waals surface area contributed by atoms with E-state index in [9.17, 15) is 9.90 Å². The third kappa shape index (κ3) is 1.82. The molecular weight excluding hydrogens is 250 g/mol. The number of carbonyl (C=O) groups is 1. The van der Waals surface area contributed by atoms with Crippen LogP contribution in [-0.4, -0.2) is 23.2 Å². The predicted octanol–water partition coefficient (Wildman–Crippen LogP) is 2.53. The normalized spacial score (nSPS) is 21.1. The molecule has 0 bridgehead atoms. The maximum Gasteiger partial charge on any atom is 0.258 e. The first-order valence-corrected chi connectivity index (χ1v) is 6.81. The van der Waals surface area contributed by atoms with Gasteiger partial charge in [0.25, 0.3) is 5.91 Å². The maximum atomic E-state index is 12.5. The number of aliphatic hydroxyl groups is 1. The molecule has 1 aliphatic carbocycles. The summed E-state index contributed by atoms with van der Waals surface area (Å²) in [5.41, 5.74) is 0.853. The molecule has 3 rings (SSSR count). The minimum absolute atomic E-state index is 0.152. The molecule has 18 heavy (non-hydrogen) atoms. The number of anilines is 1. The Bertz CT molecular complexity index is 495. The lowest BCUT2D eigenvalue weighted by atomic mass is 10.0. The van der Waals surface area contributed by atoms with Crippen molar-refractivity contribution in [3.63, 3.8) is 0 Å². The number of nitrogens with zero attached hydrogens (tertiary/aromatic N) is 1. The van der Waals surface area contributed by atoms with Gasteiger partial charge in [0.15, 0.2) is 0 Å². The number of carbonyl (C=O) groups excluding carboxylic acids is 1. The lowest BCUT2D eigenvalue weighted by Gasteiger charge is -2.28. The van der Waals surface area contributed by atoms with Gasteiger partial charge in [-0.3, -0.25) is 4.79 Å². The topological polar surface area (TPSA) is 40.5 Å². The van der Waals surface area contributed by atoms with E-state index in [4.69, 9.17) is 11.6 Å². The Labute approximate surface area is 111 Å². The predicted molar refractivity (Wildman–Crippen MR) is 70.9 cm³/mol. The molecule has 0 atom stereocenters. The van der Waals surface area contributed by atoms with Gasteiger partial charge < -0.3 is 10.0 Å². The van der Waals surface area contributed by atoms with Crippen molar-refractivity contribution in [2.75, 3.05) is 11.4 Å². The fourth-order valence-corrected chi connectivity index (χ4v) is 3.15. The van der Waals surface area contributed by atoms with Gasteiger partial charge in [-0.05, 0) is 49.8 Å². The zero-order valence-corrected chi connectivity index (χ0v) is 10.9. The van der Waals surface area contributed by atoms with Crippen LogP contribution in [0, 0.1) is 0 Å². The zero-order valence-electron chi connectivity index (χ0n) is 10.2. The molecule has 96 valence electrons. The molecule has 2 aliphatic rings. The second kappa shape index (κ2) is 4.25. The lowest BCUT2D eigenvalue weighted by molar-refractivity contribution is -0.136. The minimum atomic E-state index is -1.15. The third-order valence-corrected chi connectivity index (χ3v) is 4.25. The number of amides is 1. The second-order valence-electron chi connectivity index (χ2n) is 5.22. The lowest BCUT2D eigenvalue weighted by Crippen LogP contribution is -2.46. The average Bonchev–Trinajstić information content (AvgIpc) is 2.95. The molecule has 0 radical (unpaired) electrons. The van der Waals surface area contributed by atoms with Crippen LogP contribution >= 0.6 is 11.6 Å². The van der Waals surface area contributed by atoms with E-state index in [0.29, 0.717) is 24.4 Å². The van der Waals surface area contributed by atoms with Crippen molar-refractivity contribution in [3.8, 4) is 0 Å². The van der Waals surface area contributed by atoms with Crippen LogP contribution in [-0.2, 0) is 11.2 Å². The van der Waals surface area contributed by atoms with Gasteiger partial charge in [0, 0.05) is 17.3 Å². The van der Waals surface area contributed by atoms with Crippen molar-refractivity contribution in [1.82, 2.24) is 0 Å². The minimum Gasteiger partial charge on any atom is -0.380 e. The molecule has 1 fully saturated rings. The van der Waals surface area contributed by atoms with Gasteiger partial charge in [0.1, 0.15) is 5.60 Å². The van der Waals surface area contributed by atoms with Crippen LogP contribution in [0.1, 0.15) is 31.2 Å². The quantitative estimate of drug-likeness (QED) is 0.848. The molecule has 1 aliphatic heterocycles. The van der Waals surface area contributed by atoms with Gasteiger partial charge in [-0.25, -0.2) is 0 Å². The Hall–Kier alpha value is -1.06. The Morgan fingerprint density at radius 3 is 2.78 bits per heavy atom. The molecule has 1 saturated carbocycles. The van der Waals surface area contributed by atoms with E-state index in [2.05, 4.69) is 0 Å². The van der Waals surface area contributed by atoms with Crippen LogP contribution in [0.15, 0.2) is 18.2 Å². The number of benzene rings is 1. The molecule has 0 unspecified atom stereocenters. The summed E-state index contributed by atoms with van der Waals surface area (Å²) in [6.07, 6.45) is 3.86. The largest absolute Gasteiger partial charge is 0.380 e. The maximum absolute atomic E-state index is 12.5. The van der Waals surface area contributed by atoms with Gasteiger partial charge in [0.2, 0.25) is 0 Å². The first-order valence-electron chi connectivity index (χ1n) is 6.43. The van der Waals surface area contributed by atoms with Crippen LogP contribution in [0.2, 0.25) is 5.02 Å². The summed E-state index contributed by atoms with van der Waals surface area (Å²) < 4.78 is 0. The number of halogens is 1. The Balaban J connectivity index is 1.92. The SMILES string of the molecule is O=C(N1CCc2ccc(Cl)cc21)C1(O)CCCC1. The zero-order chi connectivity index (χ0) is 12.8. The smallest absolute Gasteiger partial charge is 0.258 e. The van der Waals surface area contributed by atoms with Crippen LogP contribution in [0.5, 0.6) is 0 Å². The highest BCUT2D eigenvalue weighted by Gasteiger charge is 2.43. The van der Waals surface area contributed by atoms with Gasteiger partial charge in [-0.2, -0.15) is 0 Å². The summed E-state index contributed by atoms with van der Waals surface area (Å²) >= 11 is 5.99. The highest BCUT2D eigenvalue weighted by molar-refractivity contribution is 6.31. The van der Waals surface area contributed by atoms with Crippen molar-refractivity contribution >= 4 is 23.2 Å². The molecule has 1 heterocycles. The Morgan fingerprint density at radius 2 is 2.06 bits per heavy atom. The molecule has 1 N–H and O–H groups in total. The molecule has 1 aromatic rings. The average molecular weight is 266 g/mol. The monoisotopic (exact) mass is 265 g/mol. The van der Waals surface area contributed by atoms with E-state index >= 15 is 0 Å². The summed E-state index contributed by atoms with van der Waals surface area (Å²) in [6.45, 7) is 0.650. The fourth-order valence-electron chi connectivity index (χ4n) is 2.99. The van der Waals surface area contributed by atoms with Crippen molar-refractivity contribution in [2.24, 2.45) is 0 Å². The van der Waals surface area contributed by atoms with Crippen LogP contribution in [0.4, 0.5) is 5.69 Å². The van der Waals surface area contributed by atoms with E-state index in [0.717, 1.165) is 30.5 Å². The summed E-state index contributed by atoms with van der Waals surface area (Å²) in [5, 5.41) is 11.0. The van der Waals surface area contributed by atoms with Crippen molar-refractivity contribution < 1.29 is 9.90 Å². The molecule has 0 spiro atoms. The van der Waals surface area contributed by atoms with E-state index in [1.165, 1.54) is 0 Å². The Morgan fingerprint density at radius 1 is 1.33 bits per heavy atom. The first-order chi connectivity index (χ1) is 8.60. The molecule has 1 amide bonds. The summed E-state index contributed by atoms with van der Waals surface area (Å²) in [7, 11) is 0. The van der Waals surface area contributed by atoms with E-state index in [-0.39, 0.29) is 5.91 Å². The highest BCUT2D eigenvalue weighted by Crippen LogP contribution is 2.37. The third-order valence-electron chi connectivity index (χ3n) is 4.02. The Kier molecular flexibility index (Phi) is 2.83. The molecule has 0 aromatic heterocycles. The van der Waals surface area contributed by atoms with Crippen LogP contribution in [0.3, 0.4) is 0 Å². The first kappa shape index (κ1) is 12.0. The van der Waals surface area contributed by atoms with Crippen LogP contribution < -0.4 is 4.90 Å². The van der Waals surface area contributed by atoms with Crippen molar-refractivity contribution in [2.45, 2.75) is 37.7 Å². The van der Waals surface area contributed by atoms with Crippen molar-refractivity contribution in [3.05, 3.63) is 28.8 Å². The standard InChI is InChI=1S/C14H16ClNO2/c15-11-4-3-10-5-8-16(12(10)9-11)13(17)14(18)6-1-2-7-14/h3-4,9,18H,1-2,5-8H2. The van der Waals surface area contributed by atoms with Gasteiger partial charge in [-0.15, -0.1) is 0 Å². The summed E-state index contributed by atoms with van der Waals surface area (Å²) in [5.74, 6) is -0.152. The van der Waals surface area contributed by atoms with Gasteiger partial charge in [-0.1, -0.05) is 17.7 Å². The summed E-state index contributed by atoms with van der Waals surface area (Å²) in [4.78, 5) is 14.2. The van der Waals surface area contributed by atoms with Crippen LogP contribution in [0.25, 0.3) is 0 Å². The second-order valence-corrected chi connectivity index (χ2v) is 5.65. The summed E-state index contributed by atoms with van der Waals surface area (Å²) in [6, 6.07) is 5.63. The van der Waals surface area contributed by atoms with Crippen molar-refractivity contribution in [1.29, 1.82) is 0 Å². The van der Waals surface area contributed by atoms with Gasteiger partial charge >= 0.3 is 0 Å². The van der Waals surface area contributed by atoms with E-state index in [1.807, 2.05) is 18.2 Å². The van der Waals surface area contributed by atoms with E-state index < -0.39 is 5.60 Å². The molecule has 4 heteroatoms. The number of fused-ring (bicyclic) bond motifs is 1. The number of hydrogen-bond donors (Lipinski definition) is 1. The van der Waals surface area contributed by atoms with Gasteiger partial charge in [0.05, 0.1) is 0 Å². The highest BCUT2D eigenvalue weighted by atomic mass is 35.5. The number of hydrogen-bond acceptors (Lipinski definition) is 2. The molecule has 0 saturated heterocycles. The molecule has 1 aromatic carbocycles. The van der Waals surface area contributed by atoms with E-state index in [1.54, 1.807) is 4.90 Å².